The van der Waals surface area contributed by atoms with Crippen molar-refractivity contribution >= 4 is 11.8 Å². The Morgan fingerprint density at radius 2 is 2.16 bits per heavy atom. The summed E-state index contributed by atoms with van der Waals surface area (Å²) in [6, 6.07) is 10.1. The minimum Gasteiger partial charge on any atom is -0.288 e. The van der Waals surface area contributed by atoms with E-state index in [2.05, 4.69) is 24.2 Å². The van der Waals surface area contributed by atoms with Gasteiger partial charge in [0.05, 0.1) is 12.6 Å². The second-order valence-electron chi connectivity index (χ2n) is 4.53. The summed E-state index contributed by atoms with van der Waals surface area (Å²) >= 11 is 0. The van der Waals surface area contributed by atoms with Gasteiger partial charge in [-0.1, -0.05) is 48.6 Å². The molecule has 0 amide bonds. The van der Waals surface area contributed by atoms with E-state index in [4.69, 9.17) is 5.26 Å². The Bertz CT molecular complexity index is 584. The Hall–Kier alpha value is -2.40. The van der Waals surface area contributed by atoms with E-state index in [1.807, 2.05) is 38.1 Å². The molecular weight excluding hydrogens is 232 g/mol. The maximum absolute atomic E-state index is 8.85. The van der Waals surface area contributed by atoms with E-state index >= 15 is 0 Å². The van der Waals surface area contributed by atoms with Gasteiger partial charge in [0.1, 0.15) is 0 Å². The van der Waals surface area contributed by atoms with Crippen LogP contribution in [0.2, 0.25) is 0 Å². The van der Waals surface area contributed by atoms with Crippen molar-refractivity contribution in [3.63, 3.8) is 0 Å². The third kappa shape index (κ3) is 5.18. The summed E-state index contributed by atoms with van der Waals surface area (Å²) in [5, 5.41) is 8.85. The number of aliphatic imine (C=N–C) groups is 1. The molecule has 96 valence electrons. The normalized spacial score (nSPS) is 11.3. The summed E-state index contributed by atoms with van der Waals surface area (Å²) in [5.41, 5.74) is 4.50. The van der Waals surface area contributed by atoms with Crippen molar-refractivity contribution in [2.75, 3.05) is 6.54 Å². The average Bonchev–Trinajstić information content (AvgIpc) is 2.37. The molecule has 0 saturated carbocycles. The van der Waals surface area contributed by atoms with Crippen LogP contribution in [-0.4, -0.2) is 12.8 Å². The van der Waals surface area contributed by atoms with E-state index in [1.165, 1.54) is 5.56 Å². The topological polar surface area (TPSA) is 36.1 Å². The first-order valence-electron chi connectivity index (χ1n) is 6.05. The Morgan fingerprint density at radius 3 is 2.74 bits per heavy atom. The first-order chi connectivity index (χ1) is 9.02. The lowest BCUT2D eigenvalue weighted by molar-refractivity contribution is 1.15. The van der Waals surface area contributed by atoms with Gasteiger partial charge in [-0.05, 0) is 25.5 Å². The monoisotopic (exact) mass is 250 g/mol. The van der Waals surface area contributed by atoms with Crippen molar-refractivity contribution in [1.82, 2.24) is 0 Å². The molecule has 0 heterocycles. The SMILES string of the molecule is C=C(C#N)/C=C(\C=N/CC(=C)C)c1cccc(C)c1. The van der Waals surface area contributed by atoms with Crippen LogP contribution in [0, 0.1) is 18.3 Å². The smallest absolute Gasteiger partial charge is 0.0985 e. The molecule has 0 unspecified atom stereocenters. The Balaban J connectivity index is 3.10. The molecule has 19 heavy (non-hydrogen) atoms. The molecule has 0 fully saturated rings. The van der Waals surface area contributed by atoms with Gasteiger partial charge in [0, 0.05) is 17.4 Å². The van der Waals surface area contributed by atoms with Crippen molar-refractivity contribution in [2.45, 2.75) is 13.8 Å². The molecular formula is C17H18N2. The second kappa shape index (κ2) is 7.13. The van der Waals surface area contributed by atoms with Crippen LogP contribution in [0.3, 0.4) is 0 Å². The van der Waals surface area contributed by atoms with E-state index in [9.17, 15) is 0 Å². The number of nitrogens with zero attached hydrogens (tertiary/aromatic N) is 2. The largest absolute Gasteiger partial charge is 0.288 e. The maximum atomic E-state index is 8.85. The van der Waals surface area contributed by atoms with Crippen molar-refractivity contribution in [3.8, 4) is 6.07 Å². The predicted octanol–water partition coefficient (Wildman–Crippen LogP) is 4.11. The first kappa shape index (κ1) is 14.7. The van der Waals surface area contributed by atoms with Gasteiger partial charge >= 0.3 is 0 Å². The highest BCUT2D eigenvalue weighted by molar-refractivity contribution is 6.10. The Labute approximate surface area is 115 Å². The van der Waals surface area contributed by atoms with Crippen LogP contribution in [0.15, 0.2) is 59.6 Å². The summed E-state index contributed by atoms with van der Waals surface area (Å²) in [7, 11) is 0. The second-order valence-corrected chi connectivity index (χ2v) is 4.53. The standard InChI is InChI=1S/C17H18N2/c1-13(2)11-19-12-17(9-15(4)10-18)16-7-5-6-14(3)8-16/h5-9,12H,1,4,11H2,2-3H3/b17-9+,19-12-. The summed E-state index contributed by atoms with van der Waals surface area (Å²) in [5.74, 6) is 0. The van der Waals surface area contributed by atoms with Crippen LogP contribution in [-0.2, 0) is 0 Å². The molecule has 0 atom stereocenters. The van der Waals surface area contributed by atoms with E-state index in [0.717, 1.165) is 16.7 Å². The molecule has 0 aliphatic rings. The first-order valence-corrected chi connectivity index (χ1v) is 6.05. The van der Waals surface area contributed by atoms with Gasteiger partial charge in [-0.15, -0.1) is 0 Å². The molecule has 1 rings (SSSR count). The van der Waals surface area contributed by atoms with Gasteiger partial charge in [-0.2, -0.15) is 5.26 Å². The van der Waals surface area contributed by atoms with Crippen LogP contribution in [0.4, 0.5) is 0 Å². The molecule has 0 aliphatic carbocycles. The molecule has 0 aromatic heterocycles. The third-order valence-corrected chi connectivity index (χ3v) is 2.42. The van der Waals surface area contributed by atoms with Gasteiger partial charge in [0.25, 0.3) is 0 Å². The maximum Gasteiger partial charge on any atom is 0.0985 e. The minimum absolute atomic E-state index is 0.415. The zero-order valence-electron chi connectivity index (χ0n) is 11.5. The minimum atomic E-state index is 0.415. The van der Waals surface area contributed by atoms with E-state index in [0.29, 0.717) is 12.1 Å². The van der Waals surface area contributed by atoms with Gasteiger partial charge < -0.3 is 0 Å². The number of hydrogen-bond acceptors (Lipinski definition) is 2. The number of nitriles is 1. The van der Waals surface area contributed by atoms with Gasteiger partial charge in [0.2, 0.25) is 0 Å². The molecule has 1 aromatic rings. The van der Waals surface area contributed by atoms with Crippen LogP contribution in [0.5, 0.6) is 0 Å². The zero-order chi connectivity index (χ0) is 14.3. The molecule has 2 heteroatoms. The van der Waals surface area contributed by atoms with Crippen molar-refractivity contribution in [3.05, 3.63) is 65.8 Å². The van der Waals surface area contributed by atoms with Crippen molar-refractivity contribution in [2.24, 2.45) is 4.99 Å². The molecule has 0 spiro atoms. The van der Waals surface area contributed by atoms with Crippen LogP contribution < -0.4 is 0 Å². The Kier molecular flexibility index (Phi) is 5.50. The zero-order valence-corrected chi connectivity index (χ0v) is 11.5. The lowest BCUT2D eigenvalue weighted by Gasteiger charge is -2.03. The highest BCUT2D eigenvalue weighted by Crippen LogP contribution is 2.16. The molecule has 0 bridgehead atoms. The van der Waals surface area contributed by atoms with Crippen molar-refractivity contribution in [1.29, 1.82) is 5.26 Å². The molecule has 0 saturated heterocycles. The third-order valence-electron chi connectivity index (χ3n) is 2.42. The van der Waals surface area contributed by atoms with E-state index in [-0.39, 0.29) is 0 Å². The van der Waals surface area contributed by atoms with E-state index in [1.54, 1.807) is 12.3 Å². The highest BCUT2D eigenvalue weighted by Gasteiger charge is 2.00. The van der Waals surface area contributed by atoms with Crippen LogP contribution in [0.1, 0.15) is 18.1 Å². The molecule has 0 radical (unpaired) electrons. The fourth-order valence-electron chi connectivity index (χ4n) is 1.54. The highest BCUT2D eigenvalue weighted by atomic mass is 14.7. The summed E-state index contributed by atoms with van der Waals surface area (Å²) in [6.45, 7) is 12.1. The summed E-state index contributed by atoms with van der Waals surface area (Å²) in [6.07, 6.45) is 3.52. The molecule has 2 nitrogen and oxygen atoms in total. The van der Waals surface area contributed by atoms with E-state index < -0.39 is 0 Å². The fraction of sp³-hybridized carbons (Fsp3) is 0.176. The molecule has 1 aromatic carbocycles. The number of aryl methyl sites for hydroxylation is 1. The number of rotatable bonds is 5. The summed E-state index contributed by atoms with van der Waals surface area (Å²) < 4.78 is 0. The number of hydrogen-bond donors (Lipinski definition) is 0. The van der Waals surface area contributed by atoms with Gasteiger partial charge in [-0.25, -0.2) is 0 Å². The summed E-state index contributed by atoms with van der Waals surface area (Å²) in [4.78, 5) is 4.32. The Morgan fingerprint density at radius 1 is 1.42 bits per heavy atom. The van der Waals surface area contributed by atoms with Gasteiger partial charge in [0.15, 0.2) is 0 Å². The predicted molar refractivity (Wildman–Crippen MR) is 82.1 cm³/mol. The lowest BCUT2D eigenvalue weighted by Crippen LogP contribution is -1.90. The van der Waals surface area contributed by atoms with Gasteiger partial charge in [-0.3, -0.25) is 4.99 Å². The van der Waals surface area contributed by atoms with Crippen LogP contribution >= 0.6 is 0 Å². The number of allylic oxidation sites excluding steroid dienone is 3. The molecule has 0 N–H and O–H groups in total. The van der Waals surface area contributed by atoms with Crippen LogP contribution in [0.25, 0.3) is 5.57 Å². The number of benzene rings is 1. The quantitative estimate of drug-likeness (QED) is 0.335. The molecule has 0 aliphatic heterocycles. The lowest BCUT2D eigenvalue weighted by atomic mass is 10.0. The fourth-order valence-corrected chi connectivity index (χ4v) is 1.54. The van der Waals surface area contributed by atoms with Crippen molar-refractivity contribution < 1.29 is 0 Å². The average molecular weight is 250 g/mol.